The zero-order chi connectivity index (χ0) is 12.2. The molecular formula is C15H27N. The molecule has 1 fully saturated rings. The van der Waals surface area contributed by atoms with Crippen molar-refractivity contribution < 1.29 is 0 Å². The monoisotopic (exact) mass is 221 g/mol. The fourth-order valence-electron chi connectivity index (χ4n) is 3.02. The molecule has 0 aromatic rings. The first kappa shape index (κ1) is 13.6. The van der Waals surface area contributed by atoms with E-state index in [0.717, 1.165) is 18.3 Å². The van der Waals surface area contributed by atoms with Crippen LogP contribution in [0.3, 0.4) is 0 Å². The van der Waals surface area contributed by atoms with Crippen molar-refractivity contribution in [2.24, 2.45) is 17.3 Å². The largest absolute Gasteiger partial charge is 0.316 e. The molecule has 0 bridgehead atoms. The summed E-state index contributed by atoms with van der Waals surface area (Å²) in [6.45, 7) is 7.11. The van der Waals surface area contributed by atoms with Gasteiger partial charge in [0.05, 0.1) is 0 Å². The first-order chi connectivity index (χ1) is 7.49. The van der Waals surface area contributed by atoms with Crippen LogP contribution in [-0.4, -0.2) is 13.1 Å². The summed E-state index contributed by atoms with van der Waals surface area (Å²) in [4.78, 5) is 0. The molecule has 0 aromatic heterocycles. The molecule has 1 heteroatoms. The Morgan fingerprint density at radius 2 is 1.81 bits per heavy atom. The van der Waals surface area contributed by atoms with Crippen molar-refractivity contribution in [3.63, 3.8) is 0 Å². The Morgan fingerprint density at radius 3 is 2.19 bits per heavy atom. The summed E-state index contributed by atoms with van der Waals surface area (Å²) >= 11 is 0. The molecule has 1 aliphatic carbocycles. The first-order valence-electron chi connectivity index (χ1n) is 6.59. The lowest BCUT2D eigenvalue weighted by Gasteiger charge is -2.39. The molecule has 0 spiro atoms. The highest BCUT2D eigenvalue weighted by Gasteiger charge is 2.31. The summed E-state index contributed by atoms with van der Waals surface area (Å²) in [6.07, 6.45) is 11.7. The van der Waals surface area contributed by atoms with Gasteiger partial charge in [0.1, 0.15) is 0 Å². The third kappa shape index (κ3) is 3.52. The van der Waals surface area contributed by atoms with Crippen molar-refractivity contribution in [2.75, 3.05) is 7.05 Å². The van der Waals surface area contributed by atoms with Gasteiger partial charge < -0.3 is 5.32 Å². The maximum Gasteiger partial charge on any atom is 0.0243 e. The predicted octanol–water partition coefficient (Wildman–Crippen LogP) is 3.45. The standard InChI is InChI=1S/C15H27N/c1-6-7-14(16-5)12-8-10-13(11-9-12)15(2,3)4/h1,12-14,16H,7-11H2,2-5H3. The molecule has 0 radical (unpaired) electrons. The smallest absolute Gasteiger partial charge is 0.0243 e. The van der Waals surface area contributed by atoms with E-state index >= 15 is 0 Å². The summed E-state index contributed by atoms with van der Waals surface area (Å²) in [5.41, 5.74) is 0.478. The second-order valence-corrected chi connectivity index (χ2v) is 6.28. The highest BCUT2D eigenvalue weighted by atomic mass is 14.9. The molecule has 16 heavy (non-hydrogen) atoms. The summed E-state index contributed by atoms with van der Waals surface area (Å²) in [6, 6.07) is 0.533. The molecular weight excluding hydrogens is 194 g/mol. The minimum atomic E-state index is 0.478. The van der Waals surface area contributed by atoms with E-state index in [-0.39, 0.29) is 0 Å². The number of terminal acetylenes is 1. The average molecular weight is 221 g/mol. The Balaban J connectivity index is 2.45. The van der Waals surface area contributed by atoms with Gasteiger partial charge in [-0.05, 0) is 50.0 Å². The van der Waals surface area contributed by atoms with Gasteiger partial charge in [-0.3, -0.25) is 0 Å². The summed E-state index contributed by atoms with van der Waals surface area (Å²) in [7, 11) is 2.04. The van der Waals surface area contributed by atoms with Crippen LogP contribution in [0.25, 0.3) is 0 Å². The molecule has 0 amide bonds. The van der Waals surface area contributed by atoms with Crippen LogP contribution in [0.15, 0.2) is 0 Å². The van der Waals surface area contributed by atoms with E-state index in [1.54, 1.807) is 0 Å². The topological polar surface area (TPSA) is 12.0 Å². The molecule has 0 saturated heterocycles. The molecule has 0 aliphatic heterocycles. The van der Waals surface area contributed by atoms with Gasteiger partial charge in [0.25, 0.3) is 0 Å². The van der Waals surface area contributed by atoms with Gasteiger partial charge >= 0.3 is 0 Å². The maximum absolute atomic E-state index is 5.42. The normalized spacial score (nSPS) is 28.4. The average Bonchev–Trinajstić information content (AvgIpc) is 2.25. The van der Waals surface area contributed by atoms with E-state index in [4.69, 9.17) is 6.42 Å². The van der Waals surface area contributed by atoms with Gasteiger partial charge in [-0.2, -0.15) is 0 Å². The summed E-state index contributed by atoms with van der Waals surface area (Å²) in [5.74, 6) is 4.48. The minimum absolute atomic E-state index is 0.478. The van der Waals surface area contributed by atoms with Crippen molar-refractivity contribution in [2.45, 2.75) is 58.9 Å². The number of nitrogens with one attached hydrogen (secondary N) is 1. The SMILES string of the molecule is C#CCC(NC)C1CCC(C(C)(C)C)CC1. The Labute approximate surface area is 101 Å². The number of rotatable bonds is 3. The van der Waals surface area contributed by atoms with Gasteiger partial charge in [0.15, 0.2) is 0 Å². The summed E-state index contributed by atoms with van der Waals surface area (Å²) < 4.78 is 0. The van der Waals surface area contributed by atoms with Crippen LogP contribution in [0.4, 0.5) is 0 Å². The second kappa shape index (κ2) is 5.73. The van der Waals surface area contributed by atoms with Gasteiger partial charge in [-0.1, -0.05) is 20.8 Å². The van der Waals surface area contributed by atoms with Crippen LogP contribution in [0.5, 0.6) is 0 Å². The van der Waals surface area contributed by atoms with Crippen LogP contribution in [-0.2, 0) is 0 Å². The Kier molecular flexibility index (Phi) is 4.87. The third-order valence-electron chi connectivity index (χ3n) is 4.27. The molecule has 0 aromatic carbocycles. The van der Waals surface area contributed by atoms with E-state index in [1.165, 1.54) is 25.7 Å². The summed E-state index contributed by atoms with van der Waals surface area (Å²) in [5, 5.41) is 3.38. The van der Waals surface area contributed by atoms with E-state index in [0.29, 0.717) is 11.5 Å². The second-order valence-electron chi connectivity index (χ2n) is 6.28. The minimum Gasteiger partial charge on any atom is -0.316 e. The molecule has 1 nitrogen and oxygen atoms in total. The fourth-order valence-corrected chi connectivity index (χ4v) is 3.02. The first-order valence-corrected chi connectivity index (χ1v) is 6.59. The van der Waals surface area contributed by atoms with Crippen LogP contribution in [0.2, 0.25) is 0 Å². The molecule has 1 unspecified atom stereocenters. The Morgan fingerprint density at radius 1 is 1.25 bits per heavy atom. The highest BCUT2D eigenvalue weighted by molar-refractivity contribution is 4.94. The molecule has 1 atom stereocenters. The van der Waals surface area contributed by atoms with Gasteiger partial charge in [-0.25, -0.2) is 0 Å². The lowest BCUT2D eigenvalue weighted by atomic mass is 9.68. The molecule has 0 heterocycles. The van der Waals surface area contributed by atoms with Gasteiger partial charge in [0, 0.05) is 12.5 Å². The Hall–Kier alpha value is -0.480. The van der Waals surface area contributed by atoms with Crippen LogP contribution < -0.4 is 5.32 Å². The lowest BCUT2D eigenvalue weighted by Crippen LogP contribution is -2.37. The van der Waals surface area contributed by atoms with Crippen LogP contribution >= 0.6 is 0 Å². The maximum atomic E-state index is 5.42. The fraction of sp³-hybridized carbons (Fsp3) is 0.867. The van der Waals surface area contributed by atoms with Crippen LogP contribution in [0.1, 0.15) is 52.9 Å². The Bertz CT molecular complexity index is 235. The van der Waals surface area contributed by atoms with Crippen molar-refractivity contribution in [1.29, 1.82) is 0 Å². The van der Waals surface area contributed by atoms with E-state index in [9.17, 15) is 0 Å². The van der Waals surface area contributed by atoms with Gasteiger partial charge in [-0.15, -0.1) is 12.3 Å². The van der Waals surface area contributed by atoms with Crippen molar-refractivity contribution >= 4 is 0 Å². The lowest BCUT2D eigenvalue weighted by molar-refractivity contribution is 0.135. The van der Waals surface area contributed by atoms with Crippen molar-refractivity contribution in [3.05, 3.63) is 0 Å². The number of hydrogen-bond acceptors (Lipinski definition) is 1. The molecule has 1 rings (SSSR count). The van der Waals surface area contributed by atoms with Gasteiger partial charge in [0.2, 0.25) is 0 Å². The van der Waals surface area contributed by atoms with E-state index in [1.807, 2.05) is 7.05 Å². The quantitative estimate of drug-likeness (QED) is 0.720. The van der Waals surface area contributed by atoms with Crippen molar-refractivity contribution in [1.82, 2.24) is 5.32 Å². The highest BCUT2D eigenvalue weighted by Crippen LogP contribution is 2.40. The van der Waals surface area contributed by atoms with E-state index < -0.39 is 0 Å². The molecule has 92 valence electrons. The molecule has 1 saturated carbocycles. The zero-order valence-corrected chi connectivity index (χ0v) is 11.3. The predicted molar refractivity (Wildman–Crippen MR) is 71.2 cm³/mol. The third-order valence-corrected chi connectivity index (χ3v) is 4.27. The molecule has 1 N–H and O–H groups in total. The van der Waals surface area contributed by atoms with E-state index in [2.05, 4.69) is 32.0 Å². The van der Waals surface area contributed by atoms with Crippen molar-refractivity contribution in [3.8, 4) is 12.3 Å². The number of hydrogen-bond donors (Lipinski definition) is 1. The molecule has 1 aliphatic rings. The van der Waals surface area contributed by atoms with Crippen LogP contribution in [0, 0.1) is 29.6 Å². The zero-order valence-electron chi connectivity index (χ0n) is 11.3.